The number of fused-ring (bicyclic) bond motifs is 1. The highest BCUT2D eigenvalue weighted by atomic mass is 31.2. The van der Waals surface area contributed by atoms with E-state index in [0.717, 1.165) is 48.8 Å². The van der Waals surface area contributed by atoms with Gasteiger partial charge in [0, 0.05) is 62.8 Å². The minimum Gasteiger partial charge on any atom is -0.497 e. The Balaban J connectivity index is 1.17. The van der Waals surface area contributed by atoms with Crippen LogP contribution in [0.4, 0.5) is 10.3 Å². The third-order valence-electron chi connectivity index (χ3n) is 18.3. The second-order valence-corrected chi connectivity index (χ2v) is 27.7. The Kier molecular flexibility index (Phi) is 29.6. The number of halogens is 1. The number of alkyl halides is 1. The van der Waals surface area contributed by atoms with Crippen LogP contribution in [-0.4, -0.2) is 141 Å². The van der Waals surface area contributed by atoms with E-state index in [1.165, 1.54) is 92.6 Å². The fourth-order valence-electron chi connectivity index (χ4n) is 13.2. The average molecular weight is 1380 g/mol. The summed E-state index contributed by atoms with van der Waals surface area (Å²) in [7, 11) is 2.55. The third-order valence-corrected chi connectivity index (χ3v) is 20.5. The summed E-state index contributed by atoms with van der Waals surface area (Å²) in [5, 5.41) is 12.3. The number of nitrogens with zero attached hydrogens (tertiary/aromatic N) is 7. The number of nitrogens with one attached hydrogen (secondary N) is 3. The lowest BCUT2D eigenvalue weighted by molar-refractivity contribution is -0.137. The lowest BCUT2D eigenvalue weighted by atomic mass is 9.79. The van der Waals surface area contributed by atoms with Gasteiger partial charge in [-0.15, -0.1) is 0 Å². The summed E-state index contributed by atoms with van der Waals surface area (Å²) in [6.45, 7) is 13.3. The van der Waals surface area contributed by atoms with Crippen LogP contribution in [0.3, 0.4) is 0 Å². The normalized spacial score (nSPS) is 19.8. The highest BCUT2D eigenvalue weighted by Crippen LogP contribution is 2.51. The summed E-state index contributed by atoms with van der Waals surface area (Å²) in [6.07, 6.45) is 10.0. The largest absolute Gasteiger partial charge is 0.497 e. The number of rotatable bonds is 41. The molecule has 8 rings (SSSR count). The van der Waals surface area contributed by atoms with Crippen LogP contribution in [-0.2, 0) is 43.2 Å². The van der Waals surface area contributed by atoms with Gasteiger partial charge in [-0.05, 0) is 75.1 Å². The number of H-pyrrole nitrogens is 2. The Morgan fingerprint density at radius 1 is 0.735 bits per heavy atom. The molecule has 25 heteroatoms. The second-order valence-electron chi connectivity index (χ2n) is 26.3. The van der Waals surface area contributed by atoms with E-state index >= 15 is 9.18 Å². The van der Waals surface area contributed by atoms with Gasteiger partial charge in [0.15, 0.2) is 29.8 Å². The first-order valence-electron chi connectivity index (χ1n) is 35.0. The number of hydrogen-bond donors (Lipinski definition) is 3. The molecule has 6 aromatic rings. The fourth-order valence-corrected chi connectivity index (χ4v) is 14.9. The predicted octanol–water partition coefficient (Wildman–Crippen LogP) is 12.8. The number of ether oxygens (including phenoxy) is 6. The maximum Gasteiger partial charge on any atom is 0.330 e. The number of hydrogen-bond acceptors (Lipinski definition) is 17. The minimum absolute atomic E-state index is 0.0157. The monoisotopic (exact) mass is 1380 g/mol. The molecule has 0 radical (unpaired) electrons. The van der Waals surface area contributed by atoms with Crippen molar-refractivity contribution in [1.29, 1.82) is 5.26 Å². The molecule has 2 amide bonds. The molecule has 5 heterocycles. The van der Waals surface area contributed by atoms with Gasteiger partial charge >= 0.3 is 5.69 Å². The molecule has 23 nitrogen and oxygen atoms in total. The molecule has 2 aliphatic heterocycles. The van der Waals surface area contributed by atoms with E-state index in [1.54, 1.807) is 33.0 Å². The van der Waals surface area contributed by atoms with Crippen molar-refractivity contribution in [3.05, 3.63) is 145 Å². The number of benzene rings is 3. The molecule has 9 atom stereocenters. The van der Waals surface area contributed by atoms with Crippen LogP contribution < -0.4 is 31.6 Å². The van der Waals surface area contributed by atoms with Crippen LogP contribution in [0.2, 0.25) is 0 Å². The quantitative estimate of drug-likeness (QED) is 0.0183. The van der Waals surface area contributed by atoms with E-state index in [0.29, 0.717) is 17.9 Å². The van der Waals surface area contributed by atoms with E-state index in [4.69, 9.17) is 37.5 Å². The van der Waals surface area contributed by atoms with Crippen LogP contribution in [0.15, 0.2) is 112 Å². The number of imidazole rings is 1. The molecule has 0 aliphatic carbocycles. The van der Waals surface area contributed by atoms with Crippen molar-refractivity contribution in [1.82, 2.24) is 38.6 Å². The Labute approximate surface area is 576 Å². The van der Waals surface area contributed by atoms with Crippen LogP contribution >= 0.6 is 8.53 Å². The van der Waals surface area contributed by atoms with Crippen molar-refractivity contribution < 1.29 is 51.4 Å². The average Bonchev–Trinajstić information content (AvgIpc) is 0.972. The first-order valence-corrected chi connectivity index (χ1v) is 36.1. The maximum atomic E-state index is 18.3. The van der Waals surface area contributed by atoms with Crippen molar-refractivity contribution in [2.45, 2.75) is 218 Å². The van der Waals surface area contributed by atoms with Gasteiger partial charge in [-0.1, -0.05) is 165 Å². The summed E-state index contributed by atoms with van der Waals surface area (Å²) in [5.41, 5.74) is -1.37. The molecule has 3 aromatic carbocycles. The zero-order valence-corrected chi connectivity index (χ0v) is 59.6. The summed E-state index contributed by atoms with van der Waals surface area (Å²) in [5.74, 6) is -1.04. The molecule has 2 fully saturated rings. The third kappa shape index (κ3) is 19.6. The minimum atomic E-state index is -2.11. The molecule has 0 saturated carbocycles. The highest BCUT2D eigenvalue weighted by Gasteiger charge is 2.53. The number of unbranched alkanes of at least 4 members (excludes halogenated alkanes) is 14. The molecule has 1 unspecified atom stereocenters. The number of carbonyl (C=O) groups excluding carboxylic acids is 2. The summed E-state index contributed by atoms with van der Waals surface area (Å²) in [4.78, 5) is 84.5. The molecular weight excluding hydrogens is 1270 g/mol. The summed E-state index contributed by atoms with van der Waals surface area (Å²) in [6, 6.07) is 27.8. The van der Waals surface area contributed by atoms with Crippen molar-refractivity contribution in [2.75, 3.05) is 52.9 Å². The lowest BCUT2D eigenvalue weighted by Gasteiger charge is -2.38. The smallest absolute Gasteiger partial charge is 0.330 e. The second kappa shape index (κ2) is 37.8. The van der Waals surface area contributed by atoms with Crippen LogP contribution in [0.1, 0.15) is 187 Å². The molecule has 2 saturated heterocycles. The molecule has 3 aromatic heterocycles. The van der Waals surface area contributed by atoms with E-state index in [2.05, 4.69) is 38.2 Å². The maximum absolute atomic E-state index is 18.3. The molecule has 534 valence electrons. The molecule has 98 heavy (non-hydrogen) atoms. The summed E-state index contributed by atoms with van der Waals surface area (Å²) >= 11 is 0. The van der Waals surface area contributed by atoms with Gasteiger partial charge in [-0.2, -0.15) is 10.2 Å². The van der Waals surface area contributed by atoms with Crippen molar-refractivity contribution in [3.63, 3.8) is 0 Å². The number of nitriles is 1. The Hall–Kier alpha value is -7.20. The van der Waals surface area contributed by atoms with Gasteiger partial charge < -0.3 is 42.4 Å². The highest BCUT2D eigenvalue weighted by molar-refractivity contribution is 7.44. The fraction of sp³-hybridized carbons (Fsp3) is 0.589. The SMILES string of the molecule is CCCCCCCCCCCCCCCCCN(C[C@H]1O[C@@H](n2cnc3c(=O)[nH]c(NC(=O)C(C)C)nc32)[C@H](F)[C@@H]1OP(OCCC#N)N(C(C)C)C(C)C)C(=O)C[C@H]1[C@@H](OC)[C@H](n2ccc(=O)[nH]c2=O)O[C@@H]1COC(c1ccccc1)(c1ccc(OC)cc1)c1ccc(OC)cc1. The number of methoxy groups -OCH3 is 3. The molecular formula is C73H102FN10O13P. The van der Waals surface area contributed by atoms with Crippen molar-refractivity contribution >= 4 is 37.5 Å². The Morgan fingerprint density at radius 2 is 1.31 bits per heavy atom. The van der Waals surface area contributed by atoms with Gasteiger partial charge in [0.2, 0.25) is 17.8 Å². The molecule has 0 bridgehead atoms. The number of carbonyl (C=O) groups is 2. The van der Waals surface area contributed by atoms with Crippen molar-refractivity contribution in [2.24, 2.45) is 11.8 Å². The Morgan fingerprint density at radius 3 is 1.85 bits per heavy atom. The Bertz CT molecular complexity index is 3600. The van der Waals surface area contributed by atoms with E-state index < -0.39 is 91.7 Å². The zero-order chi connectivity index (χ0) is 70.3. The molecule has 2 aliphatic rings. The van der Waals surface area contributed by atoms with Gasteiger partial charge in [-0.25, -0.2) is 18.8 Å². The van der Waals surface area contributed by atoms with E-state index in [9.17, 15) is 24.4 Å². The lowest BCUT2D eigenvalue weighted by Crippen LogP contribution is -2.46. The van der Waals surface area contributed by atoms with Crippen LogP contribution in [0, 0.1) is 23.2 Å². The summed E-state index contributed by atoms with van der Waals surface area (Å²) < 4.78 is 75.0. The van der Waals surface area contributed by atoms with Gasteiger partial charge in [0.25, 0.3) is 19.6 Å². The van der Waals surface area contributed by atoms with Gasteiger partial charge in [-0.3, -0.25) is 43.6 Å². The number of aromatic amines is 2. The standard InChI is InChI=1S/C73H102FN10O13P/c1-11-12-13-14-15-16-17-18-19-20-21-22-23-24-28-42-81(46-58-65(97-98(94-44-29-41-75)84(50(4)5)51(6)7)62(74)69(95-58)83-48-76-63-66(83)78-71(80-68(63)88)79-67(87)49(2)3)61(86)45-57-59(96-70(64(57)92-10)82-43-40-60(85)77-72(82)89)47-93-73(52-30-26-25-27-31-52,53-32-36-55(90-8)37-33-53)54-34-38-56(91-9)39-35-54/h25-27,30-40,43,48-51,57-59,62,64-65,69-70H,11-24,28-29,42,44-47H2,1-10H3,(H,77,85,89)(H2,78,79,80,87,88)/t57-,58-,59-,62-,64-,65-,69-,70-,98?/m1/s1. The predicted molar refractivity (Wildman–Crippen MR) is 374 cm³/mol. The van der Waals surface area contributed by atoms with Crippen LogP contribution in [0.5, 0.6) is 11.5 Å². The number of anilines is 1. The van der Waals surface area contributed by atoms with Gasteiger partial charge in [0.1, 0.15) is 35.4 Å². The molecule has 3 N–H and O–H groups in total. The number of amides is 2. The molecule has 0 spiro atoms. The van der Waals surface area contributed by atoms with Gasteiger partial charge in [0.05, 0.1) is 52.4 Å². The van der Waals surface area contributed by atoms with E-state index in [-0.39, 0.29) is 74.2 Å². The van der Waals surface area contributed by atoms with Crippen LogP contribution in [0.25, 0.3) is 11.2 Å². The zero-order valence-electron chi connectivity index (χ0n) is 58.7. The first kappa shape index (κ1) is 76.6. The number of aromatic nitrogens is 6. The first-order chi connectivity index (χ1) is 47.4. The van der Waals surface area contributed by atoms with E-state index in [1.807, 2.05) is 111 Å². The van der Waals surface area contributed by atoms with Crippen molar-refractivity contribution in [3.8, 4) is 17.6 Å². The topological polar surface area (TPSA) is 269 Å².